The predicted molar refractivity (Wildman–Crippen MR) is 96.1 cm³/mol. The molecule has 0 saturated carbocycles. The number of likely N-dealkylation sites (tertiary alicyclic amines) is 1. The van der Waals surface area contributed by atoms with E-state index in [0.717, 1.165) is 57.2 Å². The molecule has 0 amide bonds. The van der Waals surface area contributed by atoms with E-state index in [4.69, 9.17) is 4.74 Å². The van der Waals surface area contributed by atoms with Crippen LogP contribution < -0.4 is 5.69 Å². The Hall–Kier alpha value is -1.92. The third-order valence-corrected chi connectivity index (χ3v) is 5.46. The summed E-state index contributed by atoms with van der Waals surface area (Å²) >= 11 is 0. The van der Waals surface area contributed by atoms with Gasteiger partial charge in [0.15, 0.2) is 0 Å². The number of rotatable bonds is 4. The van der Waals surface area contributed by atoms with Gasteiger partial charge in [-0.1, -0.05) is 18.2 Å². The Bertz CT molecular complexity index is 753. The minimum absolute atomic E-state index is 0.0632. The number of nitrogens with zero attached hydrogens (tertiary/aromatic N) is 4. The standard InChI is InChI=1S/C19H26N4O2/c1-21-19(24)23(17-5-3-2-4-6-17)18(20-21)16-7-10-22(11-8-16)13-15-9-12-25-14-15/h2-6,15-16H,7-14H2,1H3/t15-/m1/s1. The number of hydrogen-bond donors (Lipinski definition) is 0. The Balaban J connectivity index is 1.50. The number of para-hydroxylation sites is 1. The molecular formula is C19H26N4O2. The summed E-state index contributed by atoms with van der Waals surface area (Å²) in [7, 11) is 1.74. The van der Waals surface area contributed by atoms with Gasteiger partial charge in [0.25, 0.3) is 0 Å². The molecule has 0 radical (unpaired) electrons. The first kappa shape index (κ1) is 16.5. The number of aryl methyl sites for hydroxylation is 1. The minimum atomic E-state index is -0.0632. The van der Waals surface area contributed by atoms with Gasteiger partial charge in [0.2, 0.25) is 0 Å². The summed E-state index contributed by atoms with van der Waals surface area (Å²) in [4.78, 5) is 15.1. The van der Waals surface area contributed by atoms with Crippen LogP contribution in [-0.4, -0.2) is 52.1 Å². The first-order valence-electron chi connectivity index (χ1n) is 9.24. The lowest BCUT2D eigenvalue weighted by Crippen LogP contribution is -2.37. The lowest BCUT2D eigenvalue weighted by molar-refractivity contribution is 0.151. The molecule has 2 fully saturated rings. The average molecular weight is 342 g/mol. The van der Waals surface area contributed by atoms with Crippen LogP contribution in [0.15, 0.2) is 35.1 Å². The van der Waals surface area contributed by atoms with Gasteiger partial charge in [-0.05, 0) is 50.4 Å². The van der Waals surface area contributed by atoms with E-state index < -0.39 is 0 Å². The summed E-state index contributed by atoms with van der Waals surface area (Å²) in [6, 6.07) is 9.84. The second-order valence-corrected chi connectivity index (χ2v) is 7.24. The molecular weight excluding hydrogens is 316 g/mol. The fourth-order valence-electron chi connectivity index (χ4n) is 4.03. The van der Waals surface area contributed by atoms with Crippen LogP contribution in [0.4, 0.5) is 0 Å². The minimum Gasteiger partial charge on any atom is -0.381 e. The van der Waals surface area contributed by atoms with E-state index in [1.165, 1.54) is 11.1 Å². The Morgan fingerprint density at radius 2 is 1.92 bits per heavy atom. The number of benzene rings is 1. The van der Waals surface area contributed by atoms with Crippen LogP contribution in [0.3, 0.4) is 0 Å². The van der Waals surface area contributed by atoms with E-state index >= 15 is 0 Å². The van der Waals surface area contributed by atoms with Crippen molar-refractivity contribution in [2.75, 3.05) is 32.8 Å². The number of ether oxygens (including phenoxy) is 1. The van der Waals surface area contributed by atoms with Gasteiger partial charge in [-0.25, -0.2) is 14.0 Å². The van der Waals surface area contributed by atoms with E-state index in [0.29, 0.717) is 11.8 Å². The summed E-state index contributed by atoms with van der Waals surface area (Å²) in [5.74, 6) is 1.93. The third kappa shape index (κ3) is 3.41. The number of aromatic nitrogens is 3. The van der Waals surface area contributed by atoms with Crippen molar-refractivity contribution in [3.63, 3.8) is 0 Å². The molecule has 134 valence electrons. The molecule has 2 saturated heterocycles. The molecule has 25 heavy (non-hydrogen) atoms. The molecule has 2 aromatic rings. The van der Waals surface area contributed by atoms with Crippen LogP contribution in [0.1, 0.15) is 31.0 Å². The smallest absolute Gasteiger partial charge is 0.350 e. The lowest BCUT2D eigenvalue weighted by atomic mass is 9.95. The number of piperidine rings is 1. The van der Waals surface area contributed by atoms with Gasteiger partial charge in [-0.15, -0.1) is 0 Å². The highest BCUT2D eigenvalue weighted by atomic mass is 16.5. The second kappa shape index (κ2) is 7.14. The van der Waals surface area contributed by atoms with E-state index in [1.54, 1.807) is 11.6 Å². The van der Waals surface area contributed by atoms with Crippen molar-refractivity contribution < 1.29 is 4.74 Å². The maximum Gasteiger partial charge on any atom is 0.350 e. The molecule has 0 N–H and O–H groups in total. The molecule has 1 aromatic carbocycles. The van der Waals surface area contributed by atoms with Crippen LogP contribution in [0.5, 0.6) is 0 Å². The summed E-state index contributed by atoms with van der Waals surface area (Å²) in [5.41, 5.74) is 0.841. The van der Waals surface area contributed by atoms with Gasteiger partial charge in [-0.2, -0.15) is 5.10 Å². The van der Waals surface area contributed by atoms with Gasteiger partial charge in [-0.3, -0.25) is 0 Å². The van der Waals surface area contributed by atoms with Crippen LogP contribution in [0, 0.1) is 5.92 Å². The van der Waals surface area contributed by atoms with Gasteiger partial charge in [0, 0.05) is 26.1 Å². The van der Waals surface area contributed by atoms with Gasteiger partial charge in [0.05, 0.1) is 12.3 Å². The quantitative estimate of drug-likeness (QED) is 0.850. The summed E-state index contributed by atoms with van der Waals surface area (Å²) in [6.45, 7) is 5.11. The fourth-order valence-corrected chi connectivity index (χ4v) is 4.03. The average Bonchev–Trinajstić information content (AvgIpc) is 3.25. The molecule has 0 bridgehead atoms. The van der Waals surface area contributed by atoms with E-state index in [9.17, 15) is 4.79 Å². The highest BCUT2D eigenvalue weighted by molar-refractivity contribution is 5.32. The van der Waals surface area contributed by atoms with Crippen LogP contribution in [0.25, 0.3) is 5.69 Å². The van der Waals surface area contributed by atoms with Crippen LogP contribution in [0.2, 0.25) is 0 Å². The SMILES string of the molecule is Cn1nc(C2CCN(C[C@H]3CCOC3)CC2)n(-c2ccccc2)c1=O. The van der Waals surface area contributed by atoms with Gasteiger partial charge < -0.3 is 9.64 Å². The molecule has 2 aliphatic rings. The van der Waals surface area contributed by atoms with Gasteiger partial charge in [0.1, 0.15) is 5.82 Å². The third-order valence-electron chi connectivity index (χ3n) is 5.46. The summed E-state index contributed by atoms with van der Waals surface area (Å²) in [6.07, 6.45) is 3.29. The van der Waals surface area contributed by atoms with E-state index in [1.807, 2.05) is 30.3 Å². The monoisotopic (exact) mass is 342 g/mol. The van der Waals surface area contributed by atoms with Crippen molar-refractivity contribution in [2.24, 2.45) is 13.0 Å². The molecule has 1 atom stereocenters. The zero-order chi connectivity index (χ0) is 17.2. The Morgan fingerprint density at radius 3 is 2.60 bits per heavy atom. The van der Waals surface area contributed by atoms with Crippen molar-refractivity contribution in [3.05, 3.63) is 46.6 Å². The van der Waals surface area contributed by atoms with Crippen LogP contribution >= 0.6 is 0 Å². The van der Waals surface area contributed by atoms with Crippen molar-refractivity contribution in [1.29, 1.82) is 0 Å². The Morgan fingerprint density at radius 1 is 1.16 bits per heavy atom. The fraction of sp³-hybridized carbons (Fsp3) is 0.579. The van der Waals surface area contributed by atoms with Crippen molar-refractivity contribution >= 4 is 0 Å². The van der Waals surface area contributed by atoms with Crippen molar-refractivity contribution in [3.8, 4) is 5.69 Å². The molecule has 6 heteroatoms. The summed E-state index contributed by atoms with van der Waals surface area (Å²) in [5, 5.41) is 4.57. The van der Waals surface area contributed by atoms with E-state index in [2.05, 4.69) is 10.00 Å². The maximum atomic E-state index is 12.6. The molecule has 1 aromatic heterocycles. The highest BCUT2D eigenvalue weighted by Gasteiger charge is 2.28. The predicted octanol–water partition coefficient (Wildman–Crippen LogP) is 1.79. The van der Waals surface area contributed by atoms with Crippen molar-refractivity contribution in [1.82, 2.24) is 19.2 Å². The molecule has 3 heterocycles. The van der Waals surface area contributed by atoms with E-state index in [-0.39, 0.29) is 5.69 Å². The normalized spacial score (nSPS) is 22.5. The summed E-state index contributed by atoms with van der Waals surface area (Å²) < 4.78 is 8.74. The molecule has 0 unspecified atom stereocenters. The van der Waals surface area contributed by atoms with Crippen LogP contribution in [-0.2, 0) is 11.8 Å². The van der Waals surface area contributed by atoms with Gasteiger partial charge >= 0.3 is 5.69 Å². The lowest BCUT2D eigenvalue weighted by Gasteiger charge is -2.32. The first-order valence-corrected chi connectivity index (χ1v) is 9.24. The molecule has 0 aliphatic carbocycles. The molecule has 6 nitrogen and oxygen atoms in total. The Labute approximate surface area is 148 Å². The topological polar surface area (TPSA) is 52.3 Å². The maximum absolute atomic E-state index is 12.6. The second-order valence-electron chi connectivity index (χ2n) is 7.24. The first-order chi connectivity index (χ1) is 12.2. The molecule has 2 aliphatic heterocycles. The van der Waals surface area contributed by atoms with Crippen molar-refractivity contribution in [2.45, 2.75) is 25.2 Å². The number of hydrogen-bond acceptors (Lipinski definition) is 4. The zero-order valence-corrected chi connectivity index (χ0v) is 14.8. The largest absolute Gasteiger partial charge is 0.381 e. The highest BCUT2D eigenvalue weighted by Crippen LogP contribution is 2.28. The molecule has 4 rings (SSSR count). The zero-order valence-electron chi connectivity index (χ0n) is 14.8. The Kier molecular flexibility index (Phi) is 4.72. The molecule has 0 spiro atoms.